The van der Waals surface area contributed by atoms with Crippen LogP contribution in [0.4, 0.5) is 0 Å². The Labute approximate surface area is 125 Å². The Bertz CT molecular complexity index is 271. The van der Waals surface area contributed by atoms with Crippen LogP contribution < -0.4 is 0 Å². The van der Waals surface area contributed by atoms with E-state index in [4.69, 9.17) is 9.47 Å². The molecule has 3 aliphatic rings. The summed E-state index contributed by atoms with van der Waals surface area (Å²) in [4.78, 5) is 0. The van der Waals surface area contributed by atoms with Gasteiger partial charge in [-0.15, -0.1) is 0 Å². The standard InChI is InChI=1S/C14H24O.C4H10O/c1-15-13-9-5-8-12-10-14(12,13)11-6-3-2-4-7-11;1-3-4-5-2/h11-13H,2-10H2,1H3;3-4H2,1-2H3. The zero-order chi connectivity index (χ0) is 14.4. The van der Waals surface area contributed by atoms with E-state index in [0.717, 1.165) is 24.9 Å². The second-order valence-electron chi connectivity index (χ2n) is 7.00. The van der Waals surface area contributed by atoms with E-state index in [0.29, 0.717) is 11.5 Å². The van der Waals surface area contributed by atoms with Crippen molar-refractivity contribution < 1.29 is 9.47 Å². The van der Waals surface area contributed by atoms with Gasteiger partial charge in [-0.05, 0) is 50.4 Å². The zero-order valence-electron chi connectivity index (χ0n) is 13.8. The molecule has 2 heteroatoms. The second kappa shape index (κ2) is 7.79. The maximum atomic E-state index is 5.80. The lowest BCUT2D eigenvalue weighted by Crippen LogP contribution is -2.36. The predicted octanol–water partition coefficient (Wildman–Crippen LogP) is 4.81. The Balaban J connectivity index is 0.000000257. The lowest BCUT2D eigenvalue weighted by molar-refractivity contribution is -0.0263. The number of methoxy groups -OCH3 is 2. The van der Waals surface area contributed by atoms with Gasteiger partial charge in [-0.1, -0.05) is 32.6 Å². The van der Waals surface area contributed by atoms with Gasteiger partial charge < -0.3 is 9.47 Å². The van der Waals surface area contributed by atoms with E-state index in [1.54, 1.807) is 7.11 Å². The quantitative estimate of drug-likeness (QED) is 0.736. The van der Waals surface area contributed by atoms with Crippen LogP contribution >= 0.6 is 0 Å². The molecule has 0 saturated heterocycles. The molecule has 3 rings (SSSR count). The van der Waals surface area contributed by atoms with Crippen LogP contribution in [-0.4, -0.2) is 26.9 Å². The van der Waals surface area contributed by atoms with Gasteiger partial charge in [-0.2, -0.15) is 0 Å². The van der Waals surface area contributed by atoms with Gasteiger partial charge in [0.1, 0.15) is 0 Å². The van der Waals surface area contributed by atoms with Gasteiger partial charge in [0.2, 0.25) is 0 Å². The van der Waals surface area contributed by atoms with E-state index in [-0.39, 0.29) is 0 Å². The molecule has 0 aromatic heterocycles. The van der Waals surface area contributed by atoms with Crippen LogP contribution in [0.1, 0.15) is 71.1 Å². The minimum atomic E-state index is 0.611. The maximum Gasteiger partial charge on any atom is 0.0632 e. The van der Waals surface area contributed by atoms with Gasteiger partial charge in [0.05, 0.1) is 6.10 Å². The summed E-state index contributed by atoms with van der Waals surface area (Å²) in [6.07, 6.45) is 14.9. The molecular weight excluding hydrogens is 248 g/mol. The van der Waals surface area contributed by atoms with Crippen molar-refractivity contribution in [3.05, 3.63) is 0 Å². The average Bonchev–Trinajstić information content (AvgIpc) is 3.25. The van der Waals surface area contributed by atoms with Crippen molar-refractivity contribution in [3.8, 4) is 0 Å². The molecule has 0 heterocycles. The maximum absolute atomic E-state index is 5.80. The molecule has 20 heavy (non-hydrogen) atoms. The van der Waals surface area contributed by atoms with Gasteiger partial charge >= 0.3 is 0 Å². The fourth-order valence-corrected chi connectivity index (χ4v) is 4.90. The second-order valence-corrected chi connectivity index (χ2v) is 7.00. The third-order valence-corrected chi connectivity index (χ3v) is 5.88. The molecule has 3 fully saturated rings. The number of hydrogen-bond donors (Lipinski definition) is 0. The van der Waals surface area contributed by atoms with E-state index in [9.17, 15) is 0 Å². The van der Waals surface area contributed by atoms with Crippen LogP contribution in [-0.2, 0) is 9.47 Å². The van der Waals surface area contributed by atoms with Crippen molar-refractivity contribution in [2.45, 2.75) is 77.2 Å². The molecule has 118 valence electrons. The highest BCUT2D eigenvalue weighted by molar-refractivity contribution is 5.12. The van der Waals surface area contributed by atoms with Crippen molar-refractivity contribution in [2.24, 2.45) is 17.3 Å². The summed E-state index contributed by atoms with van der Waals surface area (Å²) in [6, 6.07) is 0. The molecule has 0 N–H and O–H groups in total. The van der Waals surface area contributed by atoms with Crippen molar-refractivity contribution in [2.75, 3.05) is 20.8 Å². The van der Waals surface area contributed by atoms with Gasteiger partial charge in [0.15, 0.2) is 0 Å². The molecule has 0 spiro atoms. The average molecular weight is 282 g/mol. The Morgan fingerprint density at radius 1 is 0.900 bits per heavy atom. The van der Waals surface area contributed by atoms with Crippen molar-refractivity contribution in [1.29, 1.82) is 0 Å². The zero-order valence-corrected chi connectivity index (χ0v) is 13.8. The van der Waals surface area contributed by atoms with Gasteiger partial charge in [0.25, 0.3) is 0 Å². The smallest absolute Gasteiger partial charge is 0.0632 e. The highest BCUT2D eigenvalue weighted by Crippen LogP contribution is 2.68. The van der Waals surface area contributed by atoms with Crippen molar-refractivity contribution in [1.82, 2.24) is 0 Å². The SMILES string of the molecule is CCCOC.COC1CCCC2CC21C1CCCCC1. The molecule has 3 aliphatic carbocycles. The Morgan fingerprint density at radius 2 is 1.60 bits per heavy atom. The summed E-state index contributed by atoms with van der Waals surface area (Å²) in [5, 5.41) is 0. The molecule has 0 aliphatic heterocycles. The molecule has 3 atom stereocenters. The molecule has 2 nitrogen and oxygen atoms in total. The monoisotopic (exact) mass is 282 g/mol. The summed E-state index contributed by atoms with van der Waals surface area (Å²) >= 11 is 0. The molecule has 0 bridgehead atoms. The fourth-order valence-electron chi connectivity index (χ4n) is 4.90. The molecule has 3 unspecified atom stereocenters. The van der Waals surface area contributed by atoms with Crippen molar-refractivity contribution in [3.63, 3.8) is 0 Å². The number of hydrogen-bond acceptors (Lipinski definition) is 2. The summed E-state index contributed by atoms with van der Waals surface area (Å²) in [6.45, 7) is 2.98. The van der Waals surface area contributed by atoms with E-state index in [1.165, 1.54) is 57.8 Å². The molecular formula is C18H34O2. The van der Waals surface area contributed by atoms with Gasteiger partial charge in [-0.25, -0.2) is 0 Å². The Morgan fingerprint density at radius 3 is 2.15 bits per heavy atom. The third-order valence-electron chi connectivity index (χ3n) is 5.88. The van der Waals surface area contributed by atoms with Crippen LogP contribution in [0.25, 0.3) is 0 Å². The first kappa shape index (κ1) is 16.3. The molecule has 0 aromatic rings. The normalized spacial score (nSPS) is 36.8. The summed E-state index contributed by atoms with van der Waals surface area (Å²) in [5.41, 5.74) is 0.660. The van der Waals surface area contributed by atoms with E-state index in [1.807, 2.05) is 7.11 Å². The largest absolute Gasteiger partial charge is 0.385 e. The molecule has 0 radical (unpaired) electrons. The minimum Gasteiger partial charge on any atom is -0.385 e. The van der Waals surface area contributed by atoms with Crippen LogP contribution in [0.15, 0.2) is 0 Å². The lowest BCUT2D eigenvalue weighted by Gasteiger charge is -2.39. The summed E-state index contributed by atoms with van der Waals surface area (Å²) in [7, 11) is 3.65. The van der Waals surface area contributed by atoms with Crippen LogP contribution in [0.2, 0.25) is 0 Å². The molecule has 0 amide bonds. The summed E-state index contributed by atoms with van der Waals surface area (Å²) in [5.74, 6) is 2.06. The first-order valence-corrected chi connectivity index (χ1v) is 8.81. The minimum absolute atomic E-state index is 0.611. The molecule has 0 aromatic carbocycles. The predicted molar refractivity (Wildman–Crippen MR) is 83.9 cm³/mol. The highest BCUT2D eigenvalue weighted by Gasteiger charge is 2.63. The summed E-state index contributed by atoms with van der Waals surface area (Å²) < 4.78 is 10.5. The number of fused-ring (bicyclic) bond motifs is 1. The highest BCUT2D eigenvalue weighted by atomic mass is 16.5. The van der Waals surface area contributed by atoms with Crippen LogP contribution in [0.5, 0.6) is 0 Å². The number of rotatable bonds is 4. The van der Waals surface area contributed by atoms with Crippen molar-refractivity contribution >= 4 is 0 Å². The third kappa shape index (κ3) is 3.39. The van der Waals surface area contributed by atoms with E-state index >= 15 is 0 Å². The van der Waals surface area contributed by atoms with E-state index in [2.05, 4.69) is 6.92 Å². The Kier molecular flexibility index (Phi) is 6.35. The Hall–Kier alpha value is -0.0800. The van der Waals surface area contributed by atoms with E-state index < -0.39 is 0 Å². The first-order chi connectivity index (χ1) is 9.79. The lowest BCUT2D eigenvalue weighted by atomic mass is 9.70. The van der Waals surface area contributed by atoms with Crippen LogP contribution in [0.3, 0.4) is 0 Å². The van der Waals surface area contributed by atoms with Gasteiger partial charge in [0, 0.05) is 26.2 Å². The van der Waals surface area contributed by atoms with Crippen LogP contribution in [0, 0.1) is 17.3 Å². The molecule has 3 saturated carbocycles. The number of ether oxygens (including phenoxy) is 2. The first-order valence-electron chi connectivity index (χ1n) is 8.81. The van der Waals surface area contributed by atoms with Gasteiger partial charge in [-0.3, -0.25) is 0 Å². The topological polar surface area (TPSA) is 18.5 Å². The fraction of sp³-hybridized carbons (Fsp3) is 1.00.